The normalized spacial score (nSPS) is 13.1. The summed E-state index contributed by atoms with van der Waals surface area (Å²) >= 11 is 0. The highest BCUT2D eigenvalue weighted by Gasteiger charge is 2.47. The van der Waals surface area contributed by atoms with E-state index >= 15 is 0 Å². The number of nitrogens with zero attached hydrogens (tertiary/aromatic N) is 3. The number of nitrogen functional groups attached to an aromatic ring is 1. The lowest BCUT2D eigenvalue weighted by Gasteiger charge is -2.41. The van der Waals surface area contributed by atoms with E-state index in [-0.39, 0.29) is 0 Å². The second-order valence-corrected chi connectivity index (χ2v) is 12.3. The predicted octanol–water partition coefficient (Wildman–Crippen LogP) is 3.20. The summed E-state index contributed by atoms with van der Waals surface area (Å²) in [5.41, 5.74) is 9.78. The summed E-state index contributed by atoms with van der Waals surface area (Å²) in [6.07, 6.45) is 1.96. The zero-order chi connectivity index (χ0) is 15.1. The smallest absolute Gasteiger partial charge is 0.151 e. The summed E-state index contributed by atoms with van der Waals surface area (Å²) in [4.78, 5) is 4.72. The molecule has 0 saturated heterocycles. The highest BCUT2D eigenvalue weighted by atomic mass is 28.3. The van der Waals surface area contributed by atoms with Gasteiger partial charge in [0, 0.05) is 6.20 Å². The number of hydrogen-bond acceptors (Lipinski definition) is 3. The fourth-order valence-corrected chi connectivity index (χ4v) is 10.1. The van der Waals surface area contributed by atoms with Crippen LogP contribution in [0.1, 0.15) is 41.5 Å². The van der Waals surface area contributed by atoms with Crippen LogP contribution in [0.5, 0.6) is 0 Å². The van der Waals surface area contributed by atoms with E-state index in [1.807, 2.05) is 22.8 Å². The molecule has 2 N–H and O–H groups in total. The number of anilines is 1. The van der Waals surface area contributed by atoms with Crippen molar-refractivity contribution >= 4 is 24.9 Å². The van der Waals surface area contributed by atoms with Gasteiger partial charge >= 0.3 is 0 Å². The van der Waals surface area contributed by atoms with Crippen LogP contribution in [-0.2, 0) is 0 Å². The molecule has 5 heteroatoms. The lowest BCUT2D eigenvalue weighted by Crippen LogP contribution is -2.58. The van der Waals surface area contributed by atoms with Crippen molar-refractivity contribution in [1.82, 2.24) is 14.6 Å². The summed E-state index contributed by atoms with van der Waals surface area (Å²) in [5, 5.41) is 4.82. The van der Waals surface area contributed by atoms with Gasteiger partial charge in [-0.2, -0.15) is 5.10 Å². The number of fused-ring (bicyclic) bond motifs is 1. The summed E-state index contributed by atoms with van der Waals surface area (Å²) in [6, 6.07) is 3.93. The van der Waals surface area contributed by atoms with Gasteiger partial charge in [0.1, 0.15) is 19.0 Å². The average Bonchev–Trinajstić information content (AvgIpc) is 2.76. The van der Waals surface area contributed by atoms with Crippen LogP contribution in [-0.4, -0.2) is 22.7 Å². The molecular weight excluding hydrogens is 264 g/mol. The molecule has 0 aliphatic rings. The molecule has 0 aromatic carbocycles. The first-order valence-corrected chi connectivity index (χ1v) is 9.66. The molecule has 0 fully saturated rings. The average molecular weight is 290 g/mol. The van der Waals surface area contributed by atoms with Gasteiger partial charge in [-0.15, -0.1) is 0 Å². The molecule has 0 aliphatic heterocycles. The first-order valence-electron chi connectivity index (χ1n) is 7.43. The van der Waals surface area contributed by atoms with Crippen LogP contribution in [0.2, 0.25) is 16.6 Å². The molecule has 0 saturated carbocycles. The Balaban J connectivity index is 2.74. The van der Waals surface area contributed by atoms with E-state index in [1.54, 1.807) is 0 Å². The maximum Gasteiger partial charge on any atom is 0.151 e. The molecule has 20 heavy (non-hydrogen) atoms. The van der Waals surface area contributed by atoms with Crippen LogP contribution in [0.3, 0.4) is 0 Å². The van der Waals surface area contributed by atoms with Crippen molar-refractivity contribution in [3.05, 3.63) is 18.3 Å². The fraction of sp³-hybridized carbons (Fsp3) is 0.600. The molecule has 0 spiro atoms. The summed E-state index contributed by atoms with van der Waals surface area (Å²) < 4.78 is 1.88. The van der Waals surface area contributed by atoms with Gasteiger partial charge in [-0.3, -0.25) is 0 Å². The summed E-state index contributed by atoms with van der Waals surface area (Å²) in [5.74, 6) is 0.596. The van der Waals surface area contributed by atoms with Crippen molar-refractivity contribution in [2.24, 2.45) is 0 Å². The van der Waals surface area contributed by atoms with Crippen molar-refractivity contribution in [3.8, 4) is 0 Å². The Morgan fingerprint density at radius 3 is 2.10 bits per heavy atom. The molecule has 0 amide bonds. The van der Waals surface area contributed by atoms with Gasteiger partial charge in [-0.25, -0.2) is 9.50 Å². The molecule has 2 heterocycles. The first-order chi connectivity index (χ1) is 9.31. The molecule has 0 unspecified atom stereocenters. The molecule has 0 atom stereocenters. The Labute approximate surface area is 122 Å². The Morgan fingerprint density at radius 2 is 1.60 bits per heavy atom. The van der Waals surface area contributed by atoms with E-state index in [0.717, 1.165) is 11.0 Å². The van der Waals surface area contributed by atoms with Gasteiger partial charge in [-0.1, -0.05) is 41.5 Å². The fourth-order valence-electron chi connectivity index (χ4n) is 3.92. The quantitative estimate of drug-likeness (QED) is 0.880. The first kappa shape index (κ1) is 15.0. The van der Waals surface area contributed by atoms with Crippen LogP contribution < -0.4 is 11.2 Å². The third kappa shape index (κ3) is 2.04. The van der Waals surface area contributed by atoms with E-state index in [9.17, 15) is 0 Å². The van der Waals surface area contributed by atoms with E-state index < -0.39 is 8.07 Å². The molecule has 2 rings (SSSR count). The van der Waals surface area contributed by atoms with Crippen LogP contribution in [0.15, 0.2) is 18.3 Å². The maximum absolute atomic E-state index is 6.15. The van der Waals surface area contributed by atoms with Crippen LogP contribution in [0, 0.1) is 0 Å². The Hall–Kier alpha value is -1.36. The molecule has 2 aromatic rings. The predicted molar refractivity (Wildman–Crippen MR) is 88.1 cm³/mol. The minimum absolute atomic E-state index is 0.579. The van der Waals surface area contributed by atoms with E-state index in [1.165, 1.54) is 0 Å². The SMILES string of the molecule is CC(C)[Si](c1nc(N)c2cccn2n1)(C(C)C)C(C)C. The van der Waals surface area contributed by atoms with Crippen LogP contribution in [0.25, 0.3) is 5.52 Å². The maximum atomic E-state index is 6.15. The van der Waals surface area contributed by atoms with Crippen molar-refractivity contribution < 1.29 is 0 Å². The molecule has 110 valence electrons. The lowest BCUT2D eigenvalue weighted by molar-refractivity contribution is 0.811. The second kappa shape index (κ2) is 5.20. The van der Waals surface area contributed by atoms with Crippen LogP contribution >= 0.6 is 0 Å². The molecule has 2 aromatic heterocycles. The summed E-state index contributed by atoms with van der Waals surface area (Å²) in [6.45, 7) is 13.9. The van der Waals surface area contributed by atoms with Crippen molar-refractivity contribution in [2.45, 2.75) is 58.2 Å². The number of hydrogen-bond donors (Lipinski definition) is 1. The van der Waals surface area contributed by atoms with Gasteiger partial charge in [0.05, 0.1) is 0 Å². The molecule has 0 radical (unpaired) electrons. The monoisotopic (exact) mass is 290 g/mol. The van der Waals surface area contributed by atoms with Gasteiger partial charge in [-0.05, 0) is 28.8 Å². The minimum Gasteiger partial charge on any atom is -0.382 e. The second-order valence-electron chi connectivity index (χ2n) is 6.56. The third-order valence-corrected chi connectivity index (χ3v) is 11.4. The number of aromatic nitrogens is 3. The lowest BCUT2D eigenvalue weighted by atomic mass is 10.5. The largest absolute Gasteiger partial charge is 0.382 e. The van der Waals surface area contributed by atoms with Gasteiger partial charge in [0.2, 0.25) is 0 Å². The van der Waals surface area contributed by atoms with Gasteiger partial charge in [0.25, 0.3) is 0 Å². The topological polar surface area (TPSA) is 56.2 Å². The highest BCUT2D eigenvalue weighted by Crippen LogP contribution is 2.40. The van der Waals surface area contributed by atoms with Crippen molar-refractivity contribution in [3.63, 3.8) is 0 Å². The zero-order valence-electron chi connectivity index (χ0n) is 13.4. The molecule has 0 bridgehead atoms. The molecule has 4 nitrogen and oxygen atoms in total. The van der Waals surface area contributed by atoms with Gasteiger partial charge < -0.3 is 5.73 Å². The molecular formula is C15H26N4Si. The van der Waals surface area contributed by atoms with Crippen molar-refractivity contribution in [2.75, 3.05) is 5.73 Å². The van der Waals surface area contributed by atoms with E-state index in [2.05, 4.69) is 41.5 Å². The van der Waals surface area contributed by atoms with Gasteiger partial charge in [0.15, 0.2) is 5.82 Å². The Kier molecular flexibility index (Phi) is 3.91. The van der Waals surface area contributed by atoms with E-state index in [4.69, 9.17) is 15.8 Å². The Bertz CT molecular complexity index is 579. The van der Waals surface area contributed by atoms with Crippen LogP contribution in [0.4, 0.5) is 5.82 Å². The van der Waals surface area contributed by atoms with E-state index in [0.29, 0.717) is 22.4 Å². The highest BCUT2D eigenvalue weighted by molar-refractivity contribution is 6.93. The minimum atomic E-state index is -1.85. The third-order valence-electron chi connectivity index (χ3n) is 4.67. The number of nitrogens with two attached hydrogens (primary N) is 1. The Morgan fingerprint density at radius 1 is 1.05 bits per heavy atom. The van der Waals surface area contributed by atoms with Crippen molar-refractivity contribution in [1.29, 1.82) is 0 Å². The standard InChI is InChI=1S/C15H26N4Si/c1-10(2)20(11(3)4,12(5)6)15-17-14(16)13-8-7-9-19(13)18-15/h7-12H,1-6H3,(H2,16,17,18). The number of rotatable bonds is 4. The zero-order valence-corrected chi connectivity index (χ0v) is 14.4. The molecule has 0 aliphatic carbocycles. The summed E-state index contributed by atoms with van der Waals surface area (Å²) in [7, 11) is -1.85.